The predicted molar refractivity (Wildman–Crippen MR) is 100 cm³/mol. The largest absolute Gasteiger partial charge is 0.322 e. The fourth-order valence-electron chi connectivity index (χ4n) is 2.94. The number of carbonyl (C=O) groups excluding carboxylic acids is 2. The number of tetrazole rings is 1. The summed E-state index contributed by atoms with van der Waals surface area (Å²) in [4.78, 5) is 26.2. The fraction of sp³-hybridized carbons (Fsp3) is 0.167. The molecule has 0 aliphatic carbocycles. The molecule has 1 aliphatic rings. The van der Waals surface area contributed by atoms with Crippen molar-refractivity contribution in [2.24, 2.45) is 0 Å². The molecule has 0 radical (unpaired) electrons. The van der Waals surface area contributed by atoms with Crippen molar-refractivity contribution in [3.8, 4) is 5.69 Å². The molecule has 8 nitrogen and oxygen atoms in total. The molecule has 1 N–H and O–H groups in total. The van der Waals surface area contributed by atoms with E-state index in [1.165, 1.54) is 11.0 Å². The quantitative estimate of drug-likeness (QED) is 0.748. The Bertz CT molecular complexity index is 988. The second-order valence-electron chi connectivity index (χ2n) is 6.07. The first kappa shape index (κ1) is 17.2. The van der Waals surface area contributed by atoms with Crippen molar-refractivity contribution in [1.82, 2.24) is 20.2 Å². The molecule has 0 bridgehead atoms. The number of nitrogens with one attached hydrogen (secondary N) is 1. The van der Waals surface area contributed by atoms with Gasteiger partial charge in [-0.2, -0.15) is 0 Å². The van der Waals surface area contributed by atoms with E-state index in [9.17, 15) is 9.59 Å². The van der Waals surface area contributed by atoms with Crippen LogP contribution in [-0.4, -0.2) is 38.6 Å². The van der Waals surface area contributed by atoms with Gasteiger partial charge in [0.1, 0.15) is 6.33 Å². The number of aromatic nitrogens is 4. The van der Waals surface area contributed by atoms with E-state index in [0.29, 0.717) is 34.9 Å². The molecule has 0 saturated carbocycles. The number of amides is 2. The summed E-state index contributed by atoms with van der Waals surface area (Å²) >= 11 is 6.23. The Morgan fingerprint density at radius 3 is 2.63 bits per heavy atom. The van der Waals surface area contributed by atoms with Crippen LogP contribution in [0.1, 0.15) is 23.2 Å². The number of rotatable bonds is 4. The van der Waals surface area contributed by atoms with Crippen molar-refractivity contribution in [2.45, 2.75) is 12.8 Å². The number of hydrogen-bond acceptors (Lipinski definition) is 5. The van der Waals surface area contributed by atoms with Crippen LogP contribution in [0.4, 0.5) is 11.4 Å². The number of halogens is 1. The molecule has 1 aliphatic heterocycles. The zero-order valence-corrected chi connectivity index (χ0v) is 14.9. The van der Waals surface area contributed by atoms with Crippen molar-refractivity contribution >= 4 is 34.8 Å². The van der Waals surface area contributed by atoms with Crippen LogP contribution in [0.25, 0.3) is 5.69 Å². The number of carbonyl (C=O) groups is 2. The number of anilines is 2. The van der Waals surface area contributed by atoms with Crippen molar-refractivity contribution in [3.05, 3.63) is 59.4 Å². The molecule has 136 valence electrons. The Kier molecular flexibility index (Phi) is 4.55. The second-order valence-corrected chi connectivity index (χ2v) is 6.48. The lowest BCUT2D eigenvalue weighted by Gasteiger charge is -2.18. The molecule has 0 spiro atoms. The van der Waals surface area contributed by atoms with Crippen molar-refractivity contribution in [3.63, 3.8) is 0 Å². The van der Waals surface area contributed by atoms with E-state index in [1.807, 2.05) is 0 Å². The Morgan fingerprint density at radius 1 is 1.15 bits per heavy atom. The lowest BCUT2D eigenvalue weighted by Crippen LogP contribution is -2.24. The van der Waals surface area contributed by atoms with Crippen LogP contribution in [0.3, 0.4) is 0 Å². The topological polar surface area (TPSA) is 93.0 Å². The molecular formula is C18H15ClN6O2. The van der Waals surface area contributed by atoms with Gasteiger partial charge in [0, 0.05) is 24.2 Å². The molecule has 27 heavy (non-hydrogen) atoms. The highest BCUT2D eigenvalue weighted by Crippen LogP contribution is 2.30. The molecule has 4 rings (SSSR count). The smallest absolute Gasteiger partial charge is 0.255 e. The molecule has 2 amide bonds. The number of nitrogens with zero attached hydrogens (tertiary/aromatic N) is 5. The van der Waals surface area contributed by atoms with E-state index in [0.717, 1.165) is 12.1 Å². The summed E-state index contributed by atoms with van der Waals surface area (Å²) in [7, 11) is 0. The first-order valence-corrected chi connectivity index (χ1v) is 8.74. The minimum absolute atomic E-state index is 0.0210. The van der Waals surface area contributed by atoms with Gasteiger partial charge in [-0.05, 0) is 59.3 Å². The van der Waals surface area contributed by atoms with Crippen LogP contribution >= 0.6 is 11.6 Å². The van der Waals surface area contributed by atoms with Gasteiger partial charge in [0.15, 0.2) is 0 Å². The van der Waals surface area contributed by atoms with Crippen LogP contribution in [0.5, 0.6) is 0 Å². The summed E-state index contributed by atoms with van der Waals surface area (Å²) in [6.07, 6.45) is 2.78. The Balaban J connectivity index is 1.52. The molecule has 3 aromatic rings. The van der Waals surface area contributed by atoms with Gasteiger partial charge in [0.05, 0.1) is 16.4 Å². The van der Waals surface area contributed by atoms with E-state index in [1.54, 1.807) is 47.4 Å². The molecule has 9 heteroatoms. The molecule has 1 fully saturated rings. The maximum absolute atomic E-state index is 12.6. The summed E-state index contributed by atoms with van der Waals surface area (Å²) in [5, 5.41) is 14.3. The van der Waals surface area contributed by atoms with Gasteiger partial charge in [-0.25, -0.2) is 4.68 Å². The maximum atomic E-state index is 12.6. The van der Waals surface area contributed by atoms with Gasteiger partial charge >= 0.3 is 0 Å². The van der Waals surface area contributed by atoms with Crippen molar-refractivity contribution < 1.29 is 9.59 Å². The lowest BCUT2D eigenvalue weighted by atomic mass is 10.1. The normalized spacial score (nSPS) is 13.8. The molecule has 1 saturated heterocycles. The highest BCUT2D eigenvalue weighted by atomic mass is 35.5. The Morgan fingerprint density at radius 2 is 1.96 bits per heavy atom. The van der Waals surface area contributed by atoms with Gasteiger partial charge < -0.3 is 10.2 Å². The molecule has 0 atom stereocenters. The summed E-state index contributed by atoms with van der Waals surface area (Å²) < 4.78 is 1.52. The highest BCUT2D eigenvalue weighted by Gasteiger charge is 2.24. The second kappa shape index (κ2) is 7.16. The maximum Gasteiger partial charge on any atom is 0.255 e. The highest BCUT2D eigenvalue weighted by molar-refractivity contribution is 6.34. The minimum Gasteiger partial charge on any atom is -0.322 e. The standard InChI is InChI=1S/C18H15ClN6O2/c19-15-8-3-12(10-16(15)24-9-1-2-17(24)26)18(27)21-13-4-6-14(7-5-13)25-11-20-22-23-25/h3-8,10-11H,1-2,9H2,(H,21,27). The van der Waals surface area contributed by atoms with Gasteiger partial charge in [-0.1, -0.05) is 11.6 Å². The number of hydrogen-bond donors (Lipinski definition) is 1. The summed E-state index contributed by atoms with van der Waals surface area (Å²) in [5.41, 5.74) is 2.41. The van der Waals surface area contributed by atoms with Gasteiger partial charge in [-0.3, -0.25) is 9.59 Å². The van der Waals surface area contributed by atoms with Crippen molar-refractivity contribution in [2.75, 3.05) is 16.8 Å². The third-order valence-corrected chi connectivity index (χ3v) is 4.63. The monoisotopic (exact) mass is 382 g/mol. The third kappa shape index (κ3) is 3.52. The SMILES string of the molecule is O=C(Nc1ccc(-n2cnnn2)cc1)c1ccc(Cl)c(N2CCCC2=O)c1. The van der Waals surface area contributed by atoms with E-state index in [-0.39, 0.29) is 11.8 Å². The zero-order chi connectivity index (χ0) is 18.8. The van der Waals surface area contributed by atoms with Crippen molar-refractivity contribution in [1.29, 1.82) is 0 Å². The van der Waals surface area contributed by atoms with Crippen LogP contribution in [-0.2, 0) is 4.79 Å². The molecule has 2 aromatic carbocycles. The van der Waals surface area contributed by atoms with Gasteiger partial charge in [0.25, 0.3) is 5.91 Å². The number of benzene rings is 2. The van der Waals surface area contributed by atoms with Crippen LogP contribution in [0.15, 0.2) is 48.8 Å². The minimum atomic E-state index is -0.283. The molecular weight excluding hydrogens is 368 g/mol. The Hall–Kier alpha value is -3.26. The first-order valence-electron chi connectivity index (χ1n) is 8.36. The summed E-state index contributed by atoms with van der Waals surface area (Å²) in [6, 6.07) is 12.0. The molecule has 1 aromatic heterocycles. The van der Waals surface area contributed by atoms with Gasteiger partial charge in [0.2, 0.25) is 5.91 Å². The average Bonchev–Trinajstić information content (AvgIpc) is 3.35. The van der Waals surface area contributed by atoms with E-state index < -0.39 is 0 Å². The average molecular weight is 383 g/mol. The zero-order valence-electron chi connectivity index (χ0n) is 14.2. The summed E-state index contributed by atoms with van der Waals surface area (Å²) in [6.45, 7) is 0.613. The predicted octanol–water partition coefficient (Wildman–Crippen LogP) is 2.69. The van der Waals surface area contributed by atoms with Crippen LogP contribution in [0, 0.1) is 0 Å². The Labute approximate surface area is 159 Å². The van der Waals surface area contributed by atoms with E-state index >= 15 is 0 Å². The summed E-state index contributed by atoms with van der Waals surface area (Å²) in [5.74, 6) is -0.262. The van der Waals surface area contributed by atoms with E-state index in [2.05, 4.69) is 20.8 Å². The molecule has 2 heterocycles. The molecule has 0 unspecified atom stereocenters. The fourth-order valence-corrected chi connectivity index (χ4v) is 3.16. The van der Waals surface area contributed by atoms with Crippen LogP contribution < -0.4 is 10.2 Å². The lowest BCUT2D eigenvalue weighted by molar-refractivity contribution is -0.117. The van der Waals surface area contributed by atoms with E-state index in [4.69, 9.17) is 11.6 Å². The van der Waals surface area contributed by atoms with Crippen LogP contribution in [0.2, 0.25) is 5.02 Å². The third-order valence-electron chi connectivity index (χ3n) is 4.31. The van der Waals surface area contributed by atoms with Gasteiger partial charge in [-0.15, -0.1) is 5.10 Å². The first-order chi connectivity index (χ1) is 13.1.